The van der Waals surface area contributed by atoms with Gasteiger partial charge in [-0.3, -0.25) is 4.90 Å². The first-order valence-electron chi connectivity index (χ1n) is 4.47. The second-order valence-corrected chi connectivity index (χ2v) is 3.16. The summed E-state index contributed by atoms with van der Waals surface area (Å²) in [5, 5.41) is 0. The van der Waals surface area contributed by atoms with Crippen molar-refractivity contribution in [1.82, 2.24) is 4.90 Å². The van der Waals surface area contributed by atoms with Gasteiger partial charge >= 0.3 is 0 Å². The molecular formula is C9H18N2O. The topological polar surface area (TPSA) is 38.5 Å². The minimum Gasteiger partial charge on any atom is -0.380 e. The van der Waals surface area contributed by atoms with E-state index in [0.29, 0.717) is 12.6 Å². The normalized spacial score (nSPS) is 24.4. The van der Waals surface area contributed by atoms with Gasteiger partial charge in [-0.1, -0.05) is 12.2 Å². The molecule has 1 unspecified atom stereocenters. The van der Waals surface area contributed by atoms with E-state index in [9.17, 15) is 0 Å². The van der Waals surface area contributed by atoms with Crippen LogP contribution in [0.15, 0.2) is 12.2 Å². The summed E-state index contributed by atoms with van der Waals surface area (Å²) in [6, 6.07) is 0.604. The molecule has 2 N–H and O–H groups in total. The van der Waals surface area contributed by atoms with Crippen LogP contribution in [0.5, 0.6) is 0 Å². The molecule has 1 aliphatic rings. The Morgan fingerprint density at radius 1 is 1.58 bits per heavy atom. The molecule has 12 heavy (non-hydrogen) atoms. The average Bonchev–Trinajstić information content (AvgIpc) is 2.56. The lowest BCUT2D eigenvalue weighted by atomic mass is 10.2. The van der Waals surface area contributed by atoms with Crippen molar-refractivity contribution < 1.29 is 4.74 Å². The van der Waals surface area contributed by atoms with Crippen molar-refractivity contribution in [2.45, 2.75) is 12.5 Å². The molecule has 0 amide bonds. The molecule has 70 valence electrons. The average molecular weight is 170 g/mol. The number of nitrogens with zero attached hydrogens (tertiary/aromatic N) is 1. The second kappa shape index (κ2) is 5.30. The zero-order chi connectivity index (χ0) is 8.81. The van der Waals surface area contributed by atoms with Gasteiger partial charge in [0.1, 0.15) is 0 Å². The molecule has 0 radical (unpaired) electrons. The van der Waals surface area contributed by atoms with Gasteiger partial charge in [-0.25, -0.2) is 0 Å². The van der Waals surface area contributed by atoms with Crippen molar-refractivity contribution in [3.05, 3.63) is 12.2 Å². The van der Waals surface area contributed by atoms with Gasteiger partial charge in [-0.05, 0) is 13.5 Å². The van der Waals surface area contributed by atoms with E-state index in [2.05, 4.69) is 18.0 Å². The summed E-state index contributed by atoms with van der Waals surface area (Å²) in [5.41, 5.74) is 5.34. The molecule has 1 heterocycles. The molecule has 3 heteroatoms. The predicted octanol–water partition coefficient (Wildman–Crippen LogP) is 0.222. The highest BCUT2D eigenvalue weighted by atomic mass is 16.5. The van der Waals surface area contributed by atoms with Gasteiger partial charge in [0.25, 0.3) is 0 Å². The highest BCUT2D eigenvalue weighted by Crippen LogP contribution is 2.09. The van der Waals surface area contributed by atoms with Gasteiger partial charge in [-0.2, -0.15) is 0 Å². The number of rotatable bonds is 4. The van der Waals surface area contributed by atoms with E-state index >= 15 is 0 Å². The molecule has 0 bridgehead atoms. The molecule has 1 saturated heterocycles. The molecule has 0 saturated carbocycles. The Bertz CT molecular complexity index is 141. The first kappa shape index (κ1) is 9.71. The summed E-state index contributed by atoms with van der Waals surface area (Å²) in [5.74, 6) is 0. The Labute approximate surface area is 74.2 Å². The molecule has 0 aromatic heterocycles. The third-order valence-electron chi connectivity index (χ3n) is 2.23. The first-order valence-corrected chi connectivity index (χ1v) is 4.47. The van der Waals surface area contributed by atoms with Crippen molar-refractivity contribution in [2.75, 3.05) is 33.4 Å². The van der Waals surface area contributed by atoms with Crippen LogP contribution in [0.4, 0.5) is 0 Å². The lowest BCUT2D eigenvalue weighted by molar-refractivity contribution is 0.165. The number of hydrogen-bond donors (Lipinski definition) is 1. The standard InChI is InChI=1S/C9H18N2O/c1-11(6-3-2-5-10)9-4-7-12-8-9/h2-3,9H,4-8,10H2,1H3/b3-2+. The summed E-state index contributed by atoms with van der Waals surface area (Å²) in [4.78, 5) is 2.30. The van der Waals surface area contributed by atoms with Gasteiger partial charge in [0, 0.05) is 25.7 Å². The fourth-order valence-corrected chi connectivity index (χ4v) is 1.36. The van der Waals surface area contributed by atoms with Crippen LogP contribution in [0.2, 0.25) is 0 Å². The number of hydrogen-bond acceptors (Lipinski definition) is 3. The summed E-state index contributed by atoms with van der Waals surface area (Å²) < 4.78 is 5.29. The van der Waals surface area contributed by atoms with Crippen LogP contribution in [0.25, 0.3) is 0 Å². The van der Waals surface area contributed by atoms with Crippen LogP contribution in [0.1, 0.15) is 6.42 Å². The lowest BCUT2D eigenvalue weighted by Gasteiger charge is -2.20. The minimum atomic E-state index is 0.604. The molecule has 0 aliphatic carbocycles. The smallest absolute Gasteiger partial charge is 0.0622 e. The van der Waals surface area contributed by atoms with Crippen LogP contribution in [0.3, 0.4) is 0 Å². The Kier molecular flexibility index (Phi) is 4.29. The number of nitrogens with two attached hydrogens (primary N) is 1. The molecule has 0 spiro atoms. The van der Waals surface area contributed by atoms with Crippen molar-refractivity contribution in [3.63, 3.8) is 0 Å². The third-order valence-corrected chi connectivity index (χ3v) is 2.23. The van der Waals surface area contributed by atoms with Crippen LogP contribution in [-0.4, -0.2) is 44.3 Å². The zero-order valence-corrected chi connectivity index (χ0v) is 7.70. The fourth-order valence-electron chi connectivity index (χ4n) is 1.36. The molecule has 0 aromatic carbocycles. The lowest BCUT2D eigenvalue weighted by Crippen LogP contribution is -2.31. The maximum absolute atomic E-state index is 5.34. The van der Waals surface area contributed by atoms with E-state index in [4.69, 9.17) is 10.5 Å². The molecule has 1 aliphatic heterocycles. The summed E-state index contributed by atoms with van der Waals surface area (Å²) >= 11 is 0. The molecule has 1 rings (SSSR count). The van der Waals surface area contributed by atoms with Crippen molar-refractivity contribution in [1.29, 1.82) is 0 Å². The van der Waals surface area contributed by atoms with Crippen LogP contribution in [-0.2, 0) is 4.74 Å². The monoisotopic (exact) mass is 170 g/mol. The van der Waals surface area contributed by atoms with Crippen molar-refractivity contribution in [3.8, 4) is 0 Å². The highest BCUT2D eigenvalue weighted by molar-refractivity contribution is 4.87. The Morgan fingerprint density at radius 2 is 2.42 bits per heavy atom. The largest absolute Gasteiger partial charge is 0.380 e. The maximum Gasteiger partial charge on any atom is 0.0622 e. The Hall–Kier alpha value is -0.380. The highest BCUT2D eigenvalue weighted by Gasteiger charge is 2.18. The van der Waals surface area contributed by atoms with Crippen molar-refractivity contribution in [2.24, 2.45) is 5.73 Å². The maximum atomic E-state index is 5.34. The van der Waals surface area contributed by atoms with E-state index < -0.39 is 0 Å². The van der Waals surface area contributed by atoms with Gasteiger partial charge in [0.05, 0.1) is 6.61 Å². The summed E-state index contributed by atoms with van der Waals surface area (Å²) in [6.07, 6.45) is 5.26. The van der Waals surface area contributed by atoms with Crippen LogP contribution < -0.4 is 5.73 Å². The third kappa shape index (κ3) is 2.93. The minimum absolute atomic E-state index is 0.604. The van der Waals surface area contributed by atoms with Gasteiger partial charge in [0.15, 0.2) is 0 Å². The fraction of sp³-hybridized carbons (Fsp3) is 0.778. The van der Waals surface area contributed by atoms with Gasteiger partial charge < -0.3 is 10.5 Å². The molecule has 1 atom stereocenters. The number of likely N-dealkylation sites (N-methyl/N-ethyl adjacent to an activating group) is 1. The van der Waals surface area contributed by atoms with E-state index in [0.717, 1.165) is 26.2 Å². The van der Waals surface area contributed by atoms with E-state index in [-0.39, 0.29) is 0 Å². The summed E-state index contributed by atoms with van der Waals surface area (Å²) in [7, 11) is 2.13. The molecule has 0 aromatic rings. The van der Waals surface area contributed by atoms with Gasteiger partial charge in [0.2, 0.25) is 0 Å². The van der Waals surface area contributed by atoms with E-state index in [1.807, 2.05) is 6.08 Å². The van der Waals surface area contributed by atoms with Crippen LogP contribution >= 0.6 is 0 Å². The van der Waals surface area contributed by atoms with Crippen molar-refractivity contribution >= 4 is 0 Å². The van der Waals surface area contributed by atoms with E-state index in [1.54, 1.807) is 0 Å². The van der Waals surface area contributed by atoms with E-state index in [1.165, 1.54) is 0 Å². The SMILES string of the molecule is CN(C/C=C/CN)C1CCOC1. The molecule has 1 fully saturated rings. The Balaban J connectivity index is 2.17. The molecule has 3 nitrogen and oxygen atoms in total. The van der Waals surface area contributed by atoms with Crippen LogP contribution in [0, 0.1) is 0 Å². The summed E-state index contributed by atoms with van der Waals surface area (Å²) in [6.45, 7) is 3.41. The second-order valence-electron chi connectivity index (χ2n) is 3.16. The first-order chi connectivity index (χ1) is 5.84. The quantitative estimate of drug-likeness (QED) is 0.613. The predicted molar refractivity (Wildman–Crippen MR) is 50.0 cm³/mol. The Morgan fingerprint density at radius 3 is 3.00 bits per heavy atom. The van der Waals surface area contributed by atoms with Gasteiger partial charge in [-0.15, -0.1) is 0 Å². The molecular weight excluding hydrogens is 152 g/mol. The zero-order valence-electron chi connectivity index (χ0n) is 7.70. The number of ether oxygens (including phenoxy) is 1.